The first kappa shape index (κ1) is 12.1. The monoisotopic (exact) mass is 233 g/mol. The fourth-order valence-corrected chi connectivity index (χ4v) is 1.97. The lowest BCUT2D eigenvalue weighted by Crippen LogP contribution is -2.26. The number of hydrogen-bond acceptors (Lipinski definition) is 3. The summed E-state index contributed by atoms with van der Waals surface area (Å²) in [4.78, 5) is 4.38. The predicted octanol–water partition coefficient (Wildman–Crippen LogP) is 1.36. The Morgan fingerprint density at radius 3 is 2.76 bits per heavy atom. The highest BCUT2D eigenvalue weighted by Gasteiger charge is 2.08. The van der Waals surface area contributed by atoms with Crippen molar-refractivity contribution in [2.45, 2.75) is 32.9 Å². The van der Waals surface area contributed by atoms with Crippen LogP contribution in [0.1, 0.15) is 17.5 Å². The van der Waals surface area contributed by atoms with E-state index in [9.17, 15) is 0 Å². The van der Waals surface area contributed by atoms with Crippen LogP contribution in [0.2, 0.25) is 0 Å². The molecule has 17 heavy (non-hydrogen) atoms. The Hall–Kier alpha value is -1.39. The summed E-state index contributed by atoms with van der Waals surface area (Å²) in [6.07, 6.45) is 2.44. The van der Waals surface area contributed by atoms with Crippen molar-refractivity contribution in [2.24, 2.45) is 5.73 Å². The Kier molecular flexibility index (Phi) is 3.45. The van der Waals surface area contributed by atoms with Gasteiger partial charge in [-0.05, 0) is 43.5 Å². The minimum Gasteiger partial charge on any atom is -0.396 e. The number of rotatable bonds is 4. The van der Waals surface area contributed by atoms with E-state index in [1.165, 1.54) is 11.1 Å². The van der Waals surface area contributed by atoms with Crippen molar-refractivity contribution >= 4 is 11.0 Å². The normalized spacial score (nSPS) is 13.2. The molecular formula is C13H19N3O. The summed E-state index contributed by atoms with van der Waals surface area (Å²) in [5.41, 5.74) is 10.6. The number of aliphatic hydroxyl groups excluding tert-OH is 1. The quantitative estimate of drug-likeness (QED) is 0.838. The first-order valence-electron chi connectivity index (χ1n) is 5.90. The minimum absolute atomic E-state index is 0.0287. The van der Waals surface area contributed by atoms with Crippen LogP contribution in [-0.4, -0.2) is 27.3 Å². The van der Waals surface area contributed by atoms with Gasteiger partial charge in [0.15, 0.2) is 0 Å². The molecule has 0 aliphatic rings. The number of hydrogen-bond donors (Lipinski definition) is 2. The van der Waals surface area contributed by atoms with Crippen molar-refractivity contribution in [1.82, 2.24) is 9.55 Å². The molecule has 1 heterocycles. The molecule has 1 unspecified atom stereocenters. The molecule has 1 aromatic heterocycles. The Labute approximate surface area is 101 Å². The van der Waals surface area contributed by atoms with Crippen LogP contribution in [-0.2, 0) is 6.54 Å². The fraction of sp³-hybridized carbons (Fsp3) is 0.462. The van der Waals surface area contributed by atoms with E-state index < -0.39 is 0 Å². The number of aromatic nitrogens is 2. The van der Waals surface area contributed by atoms with Crippen molar-refractivity contribution in [3.05, 3.63) is 29.6 Å². The van der Waals surface area contributed by atoms with E-state index in [1.807, 2.05) is 6.33 Å². The van der Waals surface area contributed by atoms with Gasteiger partial charge in [0.2, 0.25) is 0 Å². The highest BCUT2D eigenvalue weighted by atomic mass is 16.3. The lowest BCUT2D eigenvalue weighted by atomic mass is 10.1. The number of aryl methyl sites for hydroxylation is 2. The summed E-state index contributed by atoms with van der Waals surface area (Å²) in [7, 11) is 0. The van der Waals surface area contributed by atoms with Gasteiger partial charge in [0.25, 0.3) is 0 Å². The summed E-state index contributed by atoms with van der Waals surface area (Å²) in [5.74, 6) is 0. The molecule has 0 aliphatic carbocycles. The number of imidazole rings is 1. The second kappa shape index (κ2) is 4.85. The van der Waals surface area contributed by atoms with E-state index in [4.69, 9.17) is 10.8 Å². The standard InChI is InChI=1S/C13H19N3O/c1-9-5-12-13(6-10(9)2)16(8-15-12)7-11(14)3-4-17/h5-6,8,11,17H,3-4,7,14H2,1-2H3. The van der Waals surface area contributed by atoms with E-state index in [0.29, 0.717) is 13.0 Å². The molecule has 0 fully saturated rings. The summed E-state index contributed by atoms with van der Waals surface area (Å²) >= 11 is 0. The maximum absolute atomic E-state index is 8.85. The van der Waals surface area contributed by atoms with E-state index in [1.54, 1.807) is 0 Å². The molecule has 0 aliphatic heterocycles. The fourth-order valence-electron chi connectivity index (χ4n) is 1.97. The average Bonchev–Trinajstić information content (AvgIpc) is 2.63. The number of aliphatic hydroxyl groups is 1. The van der Waals surface area contributed by atoms with Gasteiger partial charge in [-0.25, -0.2) is 4.98 Å². The summed E-state index contributed by atoms with van der Waals surface area (Å²) < 4.78 is 2.06. The van der Waals surface area contributed by atoms with Crippen molar-refractivity contribution in [3.8, 4) is 0 Å². The molecule has 1 aromatic carbocycles. The summed E-state index contributed by atoms with van der Waals surface area (Å²) in [5, 5.41) is 8.85. The Morgan fingerprint density at radius 2 is 2.06 bits per heavy atom. The molecule has 4 heteroatoms. The zero-order valence-electron chi connectivity index (χ0n) is 10.3. The van der Waals surface area contributed by atoms with Crippen LogP contribution < -0.4 is 5.73 Å². The topological polar surface area (TPSA) is 64.1 Å². The first-order chi connectivity index (χ1) is 8.11. The Balaban J connectivity index is 2.32. The molecule has 2 rings (SSSR count). The van der Waals surface area contributed by atoms with E-state index in [-0.39, 0.29) is 12.6 Å². The molecule has 0 spiro atoms. The third kappa shape index (κ3) is 2.48. The van der Waals surface area contributed by atoms with Crippen LogP contribution in [0.3, 0.4) is 0 Å². The molecule has 0 radical (unpaired) electrons. The maximum Gasteiger partial charge on any atom is 0.0958 e. The van der Waals surface area contributed by atoms with Gasteiger partial charge in [0, 0.05) is 19.2 Å². The van der Waals surface area contributed by atoms with Crippen LogP contribution >= 0.6 is 0 Å². The Bertz CT molecular complexity index is 519. The van der Waals surface area contributed by atoms with E-state index in [0.717, 1.165) is 11.0 Å². The highest BCUT2D eigenvalue weighted by Crippen LogP contribution is 2.18. The molecule has 4 nitrogen and oxygen atoms in total. The van der Waals surface area contributed by atoms with Crippen LogP contribution in [0.15, 0.2) is 18.5 Å². The smallest absolute Gasteiger partial charge is 0.0958 e. The summed E-state index contributed by atoms with van der Waals surface area (Å²) in [6.45, 7) is 5.01. The van der Waals surface area contributed by atoms with Gasteiger partial charge in [-0.3, -0.25) is 0 Å². The van der Waals surface area contributed by atoms with Gasteiger partial charge in [-0.15, -0.1) is 0 Å². The van der Waals surface area contributed by atoms with Crippen molar-refractivity contribution < 1.29 is 5.11 Å². The first-order valence-corrected chi connectivity index (χ1v) is 5.90. The number of nitrogens with two attached hydrogens (primary N) is 1. The third-order valence-electron chi connectivity index (χ3n) is 3.17. The zero-order valence-corrected chi connectivity index (χ0v) is 10.3. The van der Waals surface area contributed by atoms with Crippen LogP contribution in [0, 0.1) is 13.8 Å². The maximum atomic E-state index is 8.85. The van der Waals surface area contributed by atoms with Gasteiger partial charge in [-0.2, -0.15) is 0 Å². The SMILES string of the molecule is Cc1cc2ncn(CC(N)CCO)c2cc1C. The predicted molar refractivity (Wildman–Crippen MR) is 68.9 cm³/mol. The highest BCUT2D eigenvalue weighted by molar-refractivity contribution is 5.77. The summed E-state index contributed by atoms with van der Waals surface area (Å²) in [6, 6.07) is 4.21. The molecule has 2 aromatic rings. The second-order valence-electron chi connectivity index (χ2n) is 4.59. The molecular weight excluding hydrogens is 214 g/mol. The Morgan fingerprint density at radius 1 is 1.35 bits per heavy atom. The van der Waals surface area contributed by atoms with Crippen LogP contribution in [0.4, 0.5) is 0 Å². The number of fused-ring (bicyclic) bond motifs is 1. The molecule has 0 saturated heterocycles. The minimum atomic E-state index is -0.0287. The van der Waals surface area contributed by atoms with Gasteiger partial charge in [-0.1, -0.05) is 0 Å². The molecule has 0 bridgehead atoms. The van der Waals surface area contributed by atoms with Gasteiger partial charge in [0.1, 0.15) is 0 Å². The number of benzene rings is 1. The lowest BCUT2D eigenvalue weighted by Gasteiger charge is -2.12. The van der Waals surface area contributed by atoms with Crippen LogP contribution in [0.5, 0.6) is 0 Å². The second-order valence-corrected chi connectivity index (χ2v) is 4.59. The third-order valence-corrected chi connectivity index (χ3v) is 3.17. The molecule has 3 N–H and O–H groups in total. The largest absolute Gasteiger partial charge is 0.396 e. The van der Waals surface area contributed by atoms with Crippen molar-refractivity contribution in [1.29, 1.82) is 0 Å². The van der Waals surface area contributed by atoms with Gasteiger partial charge in [0.05, 0.1) is 17.4 Å². The van der Waals surface area contributed by atoms with Crippen molar-refractivity contribution in [2.75, 3.05) is 6.61 Å². The number of nitrogens with zero attached hydrogens (tertiary/aromatic N) is 2. The average molecular weight is 233 g/mol. The molecule has 0 amide bonds. The zero-order chi connectivity index (χ0) is 12.4. The van der Waals surface area contributed by atoms with E-state index in [2.05, 4.69) is 35.5 Å². The van der Waals surface area contributed by atoms with Crippen LogP contribution in [0.25, 0.3) is 11.0 Å². The van der Waals surface area contributed by atoms with Gasteiger partial charge >= 0.3 is 0 Å². The molecule has 0 saturated carbocycles. The van der Waals surface area contributed by atoms with Gasteiger partial charge < -0.3 is 15.4 Å². The van der Waals surface area contributed by atoms with Crippen molar-refractivity contribution in [3.63, 3.8) is 0 Å². The van der Waals surface area contributed by atoms with E-state index >= 15 is 0 Å². The molecule has 1 atom stereocenters. The lowest BCUT2D eigenvalue weighted by molar-refractivity contribution is 0.270. The molecule has 92 valence electrons.